The van der Waals surface area contributed by atoms with Crippen molar-refractivity contribution in [3.05, 3.63) is 42.2 Å². The van der Waals surface area contributed by atoms with Crippen LogP contribution in [0.3, 0.4) is 0 Å². The zero-order valence-corrected chi connectivity index (χ0v) is 13.4. The van der Waals surface area contributed by atoms with E-state index in [1.165, 1.54) is 6.26 Å². The van der Waals surface area contributed by atoms with Crippen LogP contribution in [-0.2, 0) is 4.79 Å². The average molecular weight is 329 g/mol. The predicted octanol–water partition coefficient (Wildman–Crippen LogP) is 2.17. The number of nitrogens with one attached hydrogen (secondary N) is 1. The first kappa shape index (κ1) is 16.0. The minimum Gasteiger partial charge on any atom is -0.497 e. The second-order valence-electron chi connectivity index (χ2n) is 5.79. The van der Waals surface area contributed by atoms with Gasteiger partial charge in [0.15, 0.2) is 5.82 Å². The van der Waals surface area contributed by atoms with E-state index in [2.05, 4.69) is 15.0 Å². The van der Waals surface area contributed by atoms with Crippen LogP contribution in [0.25, 0.3) is 0 Å². The summed E-state index contributed by atoms with van der Waals surface area (Å²) < 4.78 is 9.84. The van der Waals surface area contributed by atoms with Crippen LogP contribution in [-0.4, -0.2) is 42.1 Å². The summed E-state index contributed by atoms with van der Waals surface area (Å²) >= 11 is 0. The lowest BCUT2D eigenvalue weighted by Crippen LogP contribution is -2.39. The first-order valence-corrected chi connectivity index (χ1v) is 7.79. The fourth-order valence-corrected chi connectivity index (χ4v) is 2.40. The van der Waals surface area contributed by atoms with Gasteiger partial charge < -0.3 is 19.5 Å². The van der Waals surface area contributed by atoms with Crippen molar-refractivity contribution < 1.29 is 18.8 Å². The lowest BCUT2D eigenvalue weighted by molar-refractivity contribution is -0.117. The largest absolute Gasteiger partial charge is 0.497 e. The Morgan fingerprint density at radius 2 is 2.21 bits per heavy atom. The van der Waals surface area contributed by atoms with E-state index in [0.717, 1.165) is 12.8 Å². The molecule has 1 saturated carbocycles. The van der Waals surface area contributed by atoms with Crippen LogP contribution in [0.4, 0.5) is 5.82 Å². The van der Waals surface area contributed by atoms with Crippen LogP contribution in [0.1, 0.15) is 23.2 Å². The molecule has 0 aliphatic heterocycles. The van der Waals surface area contributed by atoms with Gasteiger partial charge in [0, 0.05) is 18.2 Å². The first-order valence-electron chi connectivity index (χ1n) is 7.79. The minimum atomic E-state index is -0.305. The molecule has 0 spiro atoms. The zero-order valence-electron chi connectivity index (χ0n) is 13.4. The number of carbonyl (C=O) groups is 2. The van der Waals surface area contributed by atoms with Gasteiger partial charge in [-0.3, -0.25) is 9.59 Å². The first-order chi connectivity index (χ1) is 11.7. The van der Waals surface area contributed by atoms with E-state index in [1.54, 1.807) is 42.3 Å². The number of amides is 2. The highest BCUT2D eigenvalue weighted by Crippen LogP contribution is 2.30. The summed E-state index contributed by atoms with van der Waals surface area (Å²) in [4.78, 5) is 26.5. The monoisotopic (exact) mass is 329 g/mol. The SMILES string of the molecule is COc1cccc(C(=O)N(CC(=O)Nc2ccon2)CC2CC2)c1. The van der Waals surface area contributed by atoms with Crippen molar-refractivity contribution in [2.75, 3.05) is 25.5 Å². The summed E-state index contributed by atoms with van der Waals surface area (Å²) in [6.45, 7) is 0.543. The van der Waals surface area contributed by atoms with E-state index in [9.17, 15) is 9.59 Å². The number of benzene rings is 1. The number of anilines is 1. The summed E-state index contributed by atoms with van der Waals surface area (Å²) in [6.07, 6.45) is 3.55. The van der Waals surface area contributed by atoms with E-state index in [0.29, 0.717) is 29.6 Å². The third kappa shape index (κ3) is 4.13. The smallest absolute Gasteiger partial charge is 0.254 e. The molecule has 1 aliphatic rings. The van der Waals surface area contributed by atoms with E-state index in [4.69, 9.17) is 4.74 Å². The molecular weight excluding hydrogens is 310 g/mol. The molecule has 0 bridgehead atoms. The zero-order chi connectivity index (χ0) is 16.9. The lowest BCUT2D eigenvalue weighted by atomic mass is 10.1. The van der Waals surface area contributed by atoms with E-state index >= 15 is 0 Å². The third-order valence-electron chi connectivity index (χ3n) is 3.82. The van der Waals surface area contributed by atoms with Crippen LogP contribution >= 0.6 is 0 Å². The second kappa shape index (κ2) is 7.16. The number of methoxy groups -OCH3 is 1. The number of hydrogen-bond acceptors (Lipinski definition) is 5. The molecule has 1 aromatic carbocycles. The minimum absolute atomic E-state index is 0.0284. The maximum absolute atomic E-state index is 12.8. The number of ether oxygens (including phenoxy) is 1. The molecule has 7 heteroatoms. The Balaban J connectivity index is 1.70. The predicted molar refractivity (Wildman–Crippen MR) is 86.8 cm³/mol. The fraction of sp³-hybridized carbons (Fsp3) is 0.353. The summed E-state index contributed by atoms with van der Waals surface area (Å²) in [5, 5.41) is 6.25. The molecule has 0 radical (unpaired) electrons. The highest BCUT2D eigenvalue weighted by Gasteiger charge is 2.28. The number of carbonyl (C=O) groups excluding carboxylic acids is 2. The van der Waals surface area contributed by atoms with Gasteiger partial charge >= 0.3 is 0 Å². The van der Waals surface area contributed by atoms with Crippen molar-refractivity contribution in [2.24, 2.45) is 5.92 Å². The van der Waals surface area contributed by atoms with Gasteiger partial charge in [-0.2, -0.15) is 0 Å². The molecule has 1 N–H and O–H groups in total. The molecule has 1 heterocycles. The van der Waals surface area contributed by atoms with Crippen molar-refractivity contribution >= 4 is 17.6 Å². The molecule has 0 saturated heterocycles. The van der Waals surface area contributed by atoms with Crippen molar-refractivity contribution in [3.63, 3.8) is 0 Å². The van der Waals surface area contributed by atoms with Crippen LogP contribution in [0, 0.1) is 5.92 Å². The summed E-state index contributed by atoms with van der Waals surface area (Å²) in [7, 11) is 1.55. The number of nitrogens with zero attached hydrogens (tertiary/aromatic N) is 2. The number of rotatable bonds is 7. The molecule has 1 aromatic heterocycles. The van der Waals surface area contributed by atoms with Gasteiger partial charge in [0.2, 0.25) is 5.91 Å². The molecule has 2 amide bonds. The molecule has 0 unspecified atom stereocenters. The van der Waals surface area contributed by atoms with Gasteiger partial charge in [-0.05, 0) is 37.0 Å². The van der Waals surface area contributed by atoms with Crippen LogP contribution in [0.5, 0.6) is 5.75 Å². The van der Waals surface area contributed by atoms with Gasteiger partial charge in [-0.15, -0.1) is 0 Å². The topological polar surface area (TPSA) is 84.7 Å². The van der Waals surface area contributed by atoms with Gasteiger partial charge in [-0.1, -0.05) is 11.2 Å². The Morgan fingerprint density at radius 1 is 1.38 bits per heavy atom. The highest BCUT2D eigenvalue weighted by molar-refractivity contribution is 5.99. The van der Waals surface area contributed by atoms with E-state index < -0.39 is 0 Å². The molecule has 126 valence electrons. The van der Waals surface area contributed by atoms with Gasteiger partial charge in [0.05, 0.1) is 7.11 Å². The Morgan fingerprint density at radius 3 is 2.88 bits per heavy atom. The van der Waals surface area contributed by atoms with Crippen molar-refractivity contribution in [1.82, 2.24) is 10.1 Å². The summed E-state index contributed by atoms with van der Waals surface area (Å²) in [5.41, 5.74) is 0.504. The van der Waals surface area contributed by atoms with Crippen LogP contribution < -0.4 is 10.1 Å². The van der Waals surface area contributed by atoms with Gasteiger partial charge in [0.1, 0.15) is 18.6 Å². The summed E-state index contributed by atoms with van der Waals surface area (Å²) in [6, 6.07) is 8.49. The normalized spacial score (nSPS) is 13.4. The Bertz CT molecular complexity index is 710. The van der Waals surface area contributed by atoms with E-state index in [-0.39, 0.29) is 18.4 Å². The quantitative estimate of drug-likeness (QED) is 0.841. The maximum Gasteiger partial charge on any atom is 0.254 e. The third-order valence-corrected chi connectivity index (χ3v) is 3.82. The molecule has 3 rings (SSSR count). The van der Waals surface area contributed by atoms with Crippen molar-refractivity contribution in [2.45, 2.75) is 12.8 Å². The number of hydrogen-bond donors (Lipinski definition) is 1. The lowest BCUT2D eigenvalue weighted by Gasteiger charge is -2.22. The molecule has 2 aromatic rings. The molecule has 24 heavy (non-hydrogen) atoms. The Hall–Kier alpha value is -2.83. The molecule has 1 fully saturated rings. The van der Waals surface area contributed by atoms with Crippen molar-refractivity contribution in [1.29, 1.82) is 0 Å². The standard InChI is InChI=1S/C17H19N3O4/c1-23-14-4-2-3-13(9-14)17(22)20(10-12-5-6-12)11-16(21)18-15-7-8-24-19-15/h2-4,7-9,12H,5-6,10-11H2,1H3,(H,18,19,21). The highest BCUT2D eigenvalue weighted by atomic mass is 16.5. The van der Waals surface area contributed by atoms with Gasteiger partial charge in [0.25, 0.3) is 5.91 Å². The van der Waals surface area contributed by atoms with Gasteiger partial charge in [-0.25, -0.2) is 0 Å². The molecule has 7 nitrogen and oxygen atoms in total. The van der Waals surface area contributed by atoms with Crippen LogP contribution in [0.15, 0.2) is 41.1 Å². The molecular formula is C17H19N3O4. The second-order valence-corrected chi connectivity index (χ2v) is 5.79. The fourth-order valence-electron chi connectivity index (χ4n) is 2.40. The maximum atomic E-state index is 12.8. The Kier molecular flexibility index (Phi) is 4.79. The molecule has 0 atom stereocenters. The summed E-state index contributed by atoms with van der Waals surface area (Å²) in [5.74, 6) is 0.927. The van der Waals surface area contributed by atoms with E-state index in [1.807, 2.05) is 0 Å². The Labute approximate surface area is 139 Å². The average Bonchev–Trinajstić information content (AvgIpc) is 3.27. The van der Waals surface area contributed by atoms with Crippen LogP contribution in [0.2, 0.25) is 0 Å². The molecule has 1 aliphatic carbocycles. The number of aromatic nitrogens is 1. The van der Waals surface area contributed by atoms with Crippen molar-refractivity contribution in [3.8, 4) is 5.75 Å².